The van der Waals surface area contributed by atoms with Crippen LogP contribution in [-0.4, -0.2) is 27.9 Å². The Morgan fingerprint density at radius 2 is 2.21 bits per heavy atom. The van der Waals surface area contributed by atoms with Gasteiger partial charge in [-0.3, -0.25) is 4.79 Å². The number of ether oxygens (including phenoxy) is 1. The Bertz CT molecular complexity index is 304. The van der Waals surface area contributed by atoms with Gasteiger partial charge in [0.25, 0.3) is 0 Å². The van der Waals surface area contributed by atoms with Gasteiger partial charge in [-0.05, 0) is 5.92 Å². The molecule has 0 spiro atoms. The molecule has 0 aromatic carbocycles. The van der Waals surface area contributed by atoms with Crippen molar-refractivity contribution in [3.8, 4) is 0 Å². The predicted molar refractivity (Wildman–Crippen MR) is 46.2 cm³/mol. The summed E-state index contributed by atoms with van der Waals surface area (Å²) < 4.78 is 4.37. The Labute approximate surface area is 81.0 Å². The van der Waals surface area contributed by atoms with E-state index in [4.69, 9.17) is 5.11 Å². The molecule has 1 saturated heterocycles. The third-order valence-electron chi connectivity index (χ3n) is 1.86. The number of carbonyl (C=O) groups is 2. The van der Waals surface area contributed by atoms with Gasteiger partial charge in [0, 0.05) is 5.57 Å². The minimum atomic E-state index is -2.46. The van der Waals surface area contributed by atoms with E-state index in [2.05, 4.69) is 4.74 Å². The van der Waals surface area contributed by atoms with Crippen LogP contribution in [0.15, 0.2) is 11.6 Å². The van der Waals surface area contributed by atoms with Crippen molar-refractivity contribution in [2.45, 2.75) is 26.1 Å². The van der Waals surface area contributed by atoms with Gasteiger partial charge in [0.15, 0.2) is 0 Å². The number of esters is 1. The number of rotatable bonds is 2. The summed E-state index contributed by atoms with van der Waals surface area (Å²) in [5.74, 6) is -4.69. The first-order valence-corrected chi connectivity index (χ1v) is 4.25. The standard InChI is InChI=1S/C9H12O5/c1-5(2)3-6-4-7(10)14-9(6,13)8(11)12/h3,5,13H,4H2,1-2H3,(H,11,12). The maximum absolute atomic E-state index is 10.9. The molecule has 0 amide bonds. The fraction of sp³-hybridized carbons (Fsp3) is 0.556. The van der Waals surface area contributed by atoms with Gasteiger partial charge in [0.1, 0.15) is 0 Å². The number of carboxylic acid groups (broad SMARTS) is 1. The molecular weight excluding hydrogens is 188 g/mol. The van der Waals surface area contributed by atoms with E-state index in [-0.39, 0.29) is 17.9 Å². The van der Waals surface area contributed by atoms with E-state index >= 15 is 0 Å². The number of hydrogen-bond acceptors (Lipinski definition) is 4. The van der Waals surface area contributed by atoms with E-state index in [0.717, 1.165) is 0 Å². The van der Waals surface area contributed by atoms with Crippen LogP contribution >= 0.6 is 0 Å². The molecule has 0 aromatic rings. The molecule has 1 aliphatic heterocycles. The molecule has 1 aliphatic rings. The average molecular weight is 200 g/mol. The number of carboxylic acids is 1. The number of allylic oxidation sites excluding steroid dienone is 1. The molecule has 0 aliphatic carbocycles. The molecule has 1 rings (SSSR count). The highest BCUT2D eigenvalue weighted by Gasteiger charge is 2.50. The number of cyclic esters (lactones) is 1. The number of aliphatic hydroxyl groups is 1. The maximum Gasteiger partial charge on any atom is 0.382 e. The fourth-order valence-corrected chi connectivity index (χ4v) is 1.30. The number of aliphatic carboxylic acids is 1. The topological polar surface area (TPSA) is 83.8 Å². The monoisotopic (exact) mass is 200 g/mol. The van der Waals surface area contributed by atoms with Crippen molar-refractivity contribution in [2.75, 3.05) is 0 Å². The van der Waals surface area contributed by atoms with E-state index in [0.29, 0.717) is 0 Å². The average Bonchev–Trinajstić information content (AvgIpc) is 2.26. The Balaban J connectivity index is 3.05. The zero-order valence-corrected chi connectivity index (χ0v) is 7.98. The van der Waals surface area contributed by atoms with Gasteiger partial charge in [-0.25, -0.2) is 4.79 Å². The predicted octanol–water partition coefficient (Wildman–Crippen LogP) is 0.289. The number of hydrogen-bond donors (Lipinski definition) is 2. The lowest BCUT2D eigenvalue weighted by Gasteiger charge is -2.17. The van der Waals surface area contributed by atoms with E-state index < -0.39 is 17.7 Å². The fourth-order valence-electron chi connectivity index (χ4n) is 1.30. The first-order valence-electron chi connectivity index (χ1n) is 4.25. The molecule has 1 fully saturated rings. The van der Waals surface area contributed by atoms with E-state index in [9.17, 15) is 14.7 Å². The van der Waals surface area contributed by atoms with Crippen molar-refractivity contribution in [1.29, 1.82) is 0 Å². The first-order chi connectivity index (χ1) is 6.36. The summed E-state index contributed by atoms with van der Waals surface area (Å²) in [6.07, 6.45) is 1.36. The van der Waals surface area contributed by atoms with Crippen LogP contribution in [0.5, 0.6) is 0 Å². The highest BCUT2D eigenvalue weighted by Crippen LogP contribution is 2.31. The zero-order valence-electron chi connectivity index (χ0n) is 7.98. The minimum Gasteiger partial charge on any atom is -0.476 e. The summed E-state index contributed by atoms with van der Waals surface area (Å²) >= 11 is 0. The lowest BCUT2D eigenvalue weighted by molar-refractivity contribution is -0.200. The smallest absolute Gasteiger partial charge is 0.382 e. The molecule has 1 heterocycles. The van der Waals surface area contributed by atoms with Gasteiger partial charge in [-0.15, -0.1) is 0 Å². The molecule has 5 nitrogen and oxygen atoms in total. The normalized spacial score (nSPS) is 29.7. The molecule has 0 bridgehead atoms. The van der Waals surface area contributed by atoms with E-state index in [1.54, 1.807) is 0 Å². The van der Waals surface area contributed by atoms with Crippen molar-refractivity contribution >= 4 is 11.9 Å². The van der Waals surface area contributed by atoms with E-state index in [1.807, 2.05) is 13.8 Å². The molecular formula is C9H12O5. The largest absolute Gasteiger partial charge is 0.476 e. The minimum absolute atomic E-state index is 0.0466. The van der Waals surface area contributed by atoms with Gasteiger partial charge in [0.2, 0.25) is 0 Å². The Morgan fingerprint density at radius 1 is 1.64 bits per heavy atom. The third-order valence-corrected chi connectivity index (χ3v) is 1.86. The summed E-state index contributed by atoms with van der Waals surface area (Å²) in [7, 11) is 0. The van der Waals surface area contributed by atoms with E-state index in [1.165, 1.54) is 6.08 Å². The van der Waals surface area contributed by atoms with Gasteiger partial charge >= 0.3 is 17.7 Å². The summed E-state index contributed by atoms with van der Waals surface area (Å²) in [5, 5.41) is 18.2. The molecule has 14 heavy (non-hydrogen) atoms. The van der Waals surface area contributed by atoms with Crippen molar-refractivity contribution in [3.05, 3.63) is 11.6 Å². The summed E-state index contributed by atoms with van der Waals surface area (Å²) in [6.45, 7) is 3.64. The van der Waals surface area contributed by atoms with Crippen LogP contribution in [0.4, 0.5) is 0 Å². The van der Waals surface area contributed by atoms with Gasteiger partial charge in [0.05, 0.1) is 6.42 Å². The molecule has 5 heteroatoms. The van der Waals surface area contributed by atoms with Crippen LogP contribution in [0.3, 0.4) is 0 Å². The van der Waals surface area contributed by atoms with Crippen LogP contribution in [0.2, 0.25) is 0 Å². The molecule has 0 radical (unpaired) electrons. The summed E-state index contributed by atoms with van der Waals surface area (Å²) in [5.41, 5.74) is 0.102. The summed E-state index contributed by atoms with van der Waals surface area (Å²) in [4.78, 5) is 21.6. The van der Waals surface area contributed by atoms with Crippen molar-refractivity contribution in [1.82, 2.24) is 0 Å². The van der Waals surface area contributed by atoms with Crippen LogP contribution < -0.4 is 0 Å². The Morgan fingerprint density at radius 3 is 2.64 bits per heavy atom. The SMILES string of the molecule is CC(C)C=C1CC(=O)OC1(O)C(=O)O. The quantitative estimate of drug-likeness (QED) is 0.494. The first kappa shape index (κ1) is 10.7. The van der Waals surface area contributed by atoms with Gasteiger partial charge < -0.3 is 14.9 Å². The molecule has 1 unspecified atom stereocenters. The number of carbonyl (C=O) groups excluding carboxylic acids is 1. The van der Waals surface area contributed by atoms with Crippen LogP contribution in [0.1, 0.15) is 20.3 Å². The third kappa shape index (κ3) is 1.77. The highest BCUT2D eigenvalue weighted by atomic mass is 16.7. The second-order valence-corrected chi connectivity index (χ2v) is 3.54. The molecule has 2 N–H and O–H groups in total. The molecule has 1 atom stereocenters. The zero-order chi connectivity index (χ0) is 10.9. The Kier molecular flexibility index (Phi) is 2.62. The van der Waals surface area contributed by atoms with Crippen LogP contribution in [0.25, 0.3) is 0 Å². The summed E-state index contributed by atoms with van der Waals surface area (Å²) in [6, 6.07) is 0. The lowest BCUT2D eigenvalue weighted by atomic mass is 10.0. The molecule has 0 aromatic heterocycles. The second kappa shape index (κ2) is 3.42. The van der Waals surface area contributed by atoms with Gasteiger partial charge in [-0.1, -0.05) is 19.9 Å². The highest BCUT2D eigenvalue weighted by molar-refractivity contribution is 5.90. The maximum atomic E-state index is 10.9. The van der Waals surface area contributed by atoms with Crippen LogP contribution in [-0.2, 0) is 14.3 Å². The van der Waals surface area contributed by atoms with Crippen molar-refractivity contribution < 1.29 is 24.5 Å². The molecule has 0 saturated carbocycles. The van der Waals surface area contributed by atoms with Crippen molar-refractivity contribution in [3.63, 3.8) is 0 Å². The van der Waals surface area contributed by atoms with Gasteiger partial charge in [-0.2, -0.15) is 0 Å². The van der Waals surface area contributed by atoms with Crippen LogP contribution in [0, 0.1) is 5.92 Å². The lowest BCUT2D eigenvalue weighted by Crippen LogP contribution is -2.39. The van der Waals surface area contributed by atoms with Crippen molar-refractivity contribution in [2.24, 2.45) is 5.92 Å². The Hall–Kier alpha value is -1.36. The molecule has 78 valence electrons. The second-order valence-electron chi connectivity index (χ2n) is 3.54.